The van der Waals surface area contributed by atoms with Crippen molar-refractivity contribution in [2.24, 2.45) is 11.8 Å². The zero-order valence-corrected chi connectivity index (χ0v) is 17.7. The number of carboxylic acids is 1. The molecule has 1 aliphatic rings. The van der Waals surface area contributed by atoms with Gasteiger partial charge in [0.1, 0.15) is 18.5 Å². The molecule has 0 spiro atoms. The number of carboxylic acid groups (broad SMARTS) is 1. The van der Waals surface area contributed by atoms with E-state index >= 15 is 0 Å². The maximum Gasteiger partial charge on any atom is 0.416 e. The van der Waals surface area contributed by atoms with Crippen LogP contribution in [0.25, 0.3) is 0 Å². The minimum atomic E-state index is -4.51. The number of benzene rings is 1. The molecule has 0 heterocycles. The Bertz CT molecular complexity index is 752. The first-order chi connectivity index (χ1) is 15.1. The van der Waals surface area contributed by atoms with Crippen LogP contribution in [0, 0.1) is 11.8 Å². The zero-order valence-electron chi connectivity index (χ0n) is 17.7. The molecule has 0 radical (unpaired) electrons. The molecule has 2 rings (SSSR count). The van der Waals surface area contributed by atoms with Crippen LogP contribution in [0.2, 0.25) is 0 Å². The number of ether oxygens (including phenoxy) is 1. The van der Waals surface area contributed by atoms with Crippen LogP contribution in [0.5, 0.6) is 5.75 Å². The number of aliphatic hydroxyl groups excluding tert-OH is 2. The second kappa shape index (κ2) is 12.2. The third-order valence-corrected chi connectivity index (χ3v) is 5.76. The number of hydrogen-bond acceptors (Lipinski definition) is 4. The van der Waals surface area contributed by atoms with Crippen molar-refractivity contribution in [1.82, 2.24) is 0 Å². The first kappa shape index (κ1) is 26.1. The van der Waals surface area contributed by atoms with Crippen molar-refractivity contribution in [3.8, 4) is 5.75 Å². The van der Waals surface area contributed by atoms with Crippen LogP contribution < -0.4 is 4.74 Å². The van der Waals surface area contributed by atoms with Crippen molar-refractivity contribution >= 4 is 5.97 Å². The molecule has 0 amide bonds. The van der Waals surface area contributed by atoms with Gasteiger partial charge in [-0.3, -0.25) is 4.79 Å². The molecule has 5 nitrogen and oxygen atoms in total. The van der Waals surface area contributed by atoms with Gasteiger partial charge in [-0.2, -0.15) is 13.2 Å². The maximum absolute atomic E-state index is 14.3. The summed E-state index contributed by atoms with van der Waals surface area (Å²) in [6, 6.07) is 4.26. The summed E-state index contributed by atoms with van der Waals surface area (Å²) in [6.45, 7) is -0.402. The molecule has 3 N–H and O–H groups in total. The summed E-state index contributed by atoms with van der Waals surface area (Å²) >= 11 is 0. The Morgan fingerprint density at radius 2 is 1.91 bits per heavy atom. The van der Waals surface area contributed by atoms with Crippen LogP contribution in [-0.4, -0.2) is 46.3 Å². The lowest BCUT2D eigenvalue weighted by atomic mass is 9.86. The van der Waals surface area contributed by atoms with Crippen molar-refractivity contribution in [1.29, 1.82) is 0 Å². The Morgan fingerprint density at radius 3 is 2.59 bits per heavy atom. The molecule has 0 aromatic heterocycles. The van der Waals surface area contributed by atoms with E-state index in [0.29, 0.717) is 25.7 Å². The number of allylic oxidation sites excluding steroid dienone is 2. The summed E-state index contributed by atoms with van der Waals surface area (Å²) in [7, 11) is 0. The lowest BCUT2D eigenvalue weighted by molar-refractivity contribution is -0.138. The molecule has 9 heteroatoms. The molecular formula is C23H30F4O5. The van der Waals surface area contributed by atoms with Crippen LogP contribution in [0.1, 0.15) is 50.5 Å². The van der Waals surface area contributed by atoms with Gasteiger partial charge in [0.25, 0.3) is 0 Å². The van der Waals surface area contributed by atoms with Crippen LogP contribution in [0.4, 0.5) is 17.6 Å². The molecule has 0 bridgehead atoms. The summed E-state index contributed by atoms with van der Waals surface area (Å²) < 4.78 is 57.7. The van der Waals surface area contributed by atoms with E-state index in [1.165, 1.54) is 12.1 Å². The average molecular weight is 462 g/mol. The van der Waals surface area contributed by atoms with Gasteiger partial charge in [-0.25, -0.2) is 4.39 Å². The van der Waals surface area contributed by atoms with Crippen LogP contribution in [0.3, 0.4) is 0 Å². The van der Waals surface area contributed by atoms with E-state index in [1.807, 2.05) is 12.2 Å². The Balaban J connectivity index is 1.80. The van der Waals surface area contributed by atoms with Crippen molar-refractivity contribution in [3.63, 3.8) is 0 Å². The van der Waals surface area contributed by atoms with E-state index in [9.17, 15) is 32.6 Å². The number of aliphatic carboxylic acids is 1. The van der Waals surface area contributed by atoms with Crippen molar-refractivity contribution in [2.75, 3.05) is 6.61 Å². The largest absolute Gasteiger partial charge is 0.491 e. The maximum atomic E-state index is 14.3. The molecule has 5 atom stereocenters. The third kappa shape index (κ3) is 8.43. The van der Waals surface area contributed by atoms with E-state index in [1.54, 1.807) is 0 Å². The van der Waals surface area contributed by atoms with Crippen molar-refractivity contribution in [3.05, 3.63) is 42.0 Å². The first-order valence-electron chi connectivity index (χ1n) is 10.7. The van der Waals surface area contributed by atoms with E-state index < -0.39 is 42.7 Å². The highest BCUT2D eigenvalue weighted by Gasteiger charge is 2.40. The molecule has 0 saturated heterocycles. The SMILES string of the molecule is O=C(O)CCCC=CC[C@@H]1[C@@H](CC[C@@H](F)COc2cccc(C(F)(F)F)c2)[C@H](O)C[C@@H]1O. The van der Waals surface area contributed by atoms with Gasteiger partial charge in [0.2, 0.25) is 0 Å². The zero-order chi connectivity index (χ0) is 23.7. The van der Waals surface area contributed by atoms with Gasteiger partial charge in [0.15, 0.2) is 0 Å². The number of hydrogen-bond donors (Lipinski definition) is 3. The number of rotatable bonds is 12. The van der Waals surface area contributed by atoms with E-state index in [2.05, 4.69) is 0 Å². The normalized spacial score (nSPS) is 24.7. The molecule has 1 aromatic rings. The number of alkyl halides is 4. The highest BCUT2D eigenvalue weighted by molar-refractivity contribution is 5.66. The molecule has 180 valence electrons. The Hall–Kier alpha value is -2.13. The van der Waals surface area contributed by atoms with Crippen molar-refractivity contribution in [2.45, 2.75) is 69.5 Å². The van der Waals surface area contributed by atoms with Crippen LogP contribution >= 0.6 is 0 Å². The monoisotopic (exact) mass is 462 g/mol. The summed E-state index contributed by atoms with van der Waals surface area (Å²) in [5.41, 5.74) is -0.868. The Kier molecular flexibility index (Phi) is 9.96. The highest BCUT2D eigenvalue weighted by Crippen LogP contribution is 2.38. The highest BCUT2D eigenvalue weighted by atomic mass is 19.4. The lowest BCUT2D eigenvalue weighted by Crippen LogP contribution is -2.24. The minimum absolute atomic E-state index is 0.0479. The molecule has 0 unspecified atom stereocenters. The molecule has 0 aliphatic heterocycles. The quantitative estimate of drug-likeness (QED) is 0.237. The van der Waals surface area contributed by atoms with Gasteiger partial charge in [-0.1, -0.05) is 18.2 Å². The van der Waals surface area contributed by atoms with Gasteiger partial charge < -0.3 is 20.1 Å². The molecule has 1 aliphatic carbocycles. The van der Waals surface area contributed by atoms with Gasteiger partial charge in [-0.15, -0.1) is 0 Å². The van der Waals surface area contributed by atoms with Gasteiger partial charge in [0, 0.05) is 6.42 Å². The second-order valence-electron chi connectivity index (χ2n) is 8.20. The Morgan fingerprint density at radius 1 is 1.19 bits per heavy atom. The van der Waals surface area contributed by atoms with E-state index in [-0.39, 0.29) is 36.8 Å². The molecule has 1 fully saturated rings. The first-order valence-corrected chi connectivity index (χ1v) is 10.7. The Labute approximate surface area is 184 Å². The van der Waals surface area contributed by atoms with Gasteiger partial charge in [-0.05, 0) is 68.6 Å². The number of halogens is 4. The predicted octanol–water partition coefficient (Wildman–Crippen LogP) is 4.76. The average Bonchev–Trinajstić information content (AvgIpc) is 2.99. The van der Waals surface area contributed by atoms with Crippen molar-refractivity contribution < 1.29 is 42.4 Å². The molecule has 32 heavy (non-hydrogen) atoms. The summed E-state index contributed by atoms with van der Waals surface area (Å²) in [6.07, 6.45) is -1.45. The fourth-order valence-corrected chi connectivity index (χ4v) is 4.05. The van der Waals surface area contributed by atoms with Crippen LogP contribution in [-0.2, 0) is 11.0 Å². The fourth-order valence-electron chi connectivity index (χ4n) is 4.05. The van der Waals surface area contributed by atoms with Gasteiger partial charge in [0.05, 0.1) is 17.8 Å². The van der Waals surface area contributed by atoms with E-state index in [0.717, 1.165) is 12.1 Å². The molecular weight excluding hydrogens is 432 g/mol. The number of carbonyl (C=O) groups is 1. The van der Waals surface area contributed by atoms with Gasteiger partial charge >= 0.3 is 12.1 Å². The lowest BCUT2D eigenvalue weighted by Gasteiger charge is -2.23. The summed E-state index contributed by atoms with van der Waals surface area (Å²) in [5, 5.41) is 29.1. The standard InChI is InChI=1S/C23H30F4O5/c24-16(14-32-17-7-5-6-15(12-17)23(25,26)27)10-11-19-18(20(28)13-21(19)29)8-3-1-2-4-9-22(30)31/h1,3,5-7,12,16,18-21,28-29H,2,4,8-11,13-14H2,(H,30,31)/t16-,18-,19-,20+,21-/m1/s1. The third-order valence-electron chi connectivity index (χ3n) is 5.76. The number of aliphatic hydroxyl groups is 2. The fraction of sp³-hybridized carbons (Fsp3) is 0.609. The number of unbranched alkanes of at least 4 members (excludes halogenated alkanes) is 1. The topological polar surface area (TPSA) is 87.0 Å². The van der Waals surface area contributed by atoms with E-state index in [4.69, 9.17) is 9.84 Å². The predicted molar refractivity (Wildman–Crippen MR) is 110 cm³/mol. The summed E-state index contributed by atoms with van der Waals surface area (Å²) in [4.78, 5) is 10.5. The van der Waals surface area contributed by atoms with Crippen LogP contribution in [0.15, 0.2) is 36.4 Å². The second-order valence-corrected chi connectivity index (χ2v) is 8.20. The summed E-state index contributed by atoms with van der Waals surface area (Å²) in [5.74, 6) is -1.46. The smallest absolute Gasteiger partial charge is 0.416 e. The molecule has 1 saturated carbocycles. The minimum Gasteiger partial charge on any atom is -0.491 e. The molecule has 1 aromatic carbocycles.